The number of carbonyl (C=O) groups excluding carboxylic acids is 1. The molecular weight excluding hydrogens is 266 g/mol. The van der Waals surface area contributed by atoms with E-state index in [1.165, 1.54) is 10.4 Å². The Hall–Kier alpha value is -1.48. The number of hydrogen-bond donors (Lipinski definition) is 0. The molecule has 0 saturated carbocycles. The second-order valence-corrected chi connectivity index (χ2v) is 7.46. The number of ketones is 1. The topological polar surface area (TPSA) is 30.0 Å². The average Bonchev–Trinajstić information content (AvgIpc) is 2.67. The van der Waals surface area contributed by atoms with E-state index >= 15 is 0 Å². The summed E-state index contributed by atoms with van der Waals surface area (Å²) < 4.78 is 0. The minimum Gasteiger partial charge on any atom is -0.294 e. The minimum atomic E-state index is 0.116. The van der Waals surface area contributed by atoms with Crippen LogP contribution in [-0.4, -0.2) is 10.8 Å². The van der Waals surface area contributed by atoms with Crippen LogP contribution in [0.2, 0.25) is 0 Å². The monoisotopic (exact) mass is 287 g/mol. The number of thiazole rings is 1. The van der Waals surface area contributed by atoms with Crippen molar-refractivity contribution in [2.75, 3.05) is 0 Å². The van der Waals surface area contributed by atoms with Gasteiger partial charge in [0, 0.05) is 10.4 Å². The highest BCUT2D eigenvalue weighted by atomic mass is 32.1. The molecule has 0 radical (unpaired) electrons. The molecule has 1 aromatic heterocycles. The van der Waals surface area contributed by atoms with Crippen molar-refractivity contribution >= 4 is 17.1 Å². The van der Waals surface area contributed by atoms with Gasteiger partial charge in [0.1, 0.15) is 5.01 Å². The Morgan fingerprint density at radius 2 is 1.75 bits per heavy atom. The van der Waals surface area contributed by atoms with E-state index in [0.29, 0.717) is 6.42 Å². The number of hydrogen-bond acceptors (Lipinski definition) is 3. The molecule has 20 heavy (non-hydrogen) atoms. The van der Waals surface area contributed by atoms with Crippen LogP contribution in [0, 0.1) is 13.8 Å². The molecule has 0 amide bonds. The predicted molar refractivity (Wildman–Crippen MR) is 84.8 cm³/mol. The van der Waals surface area contributed by atoms with Gasteiger partial charge in [-0.25, -0.2) is 4.98 Å². The number of benzene rings is 1. The summed E-state index contributed by atoms with van der Waals surface area (Å²) in [6.07, 6.45) is 0.397. The number of nitrogens with zero attached hydrogens (tertiary/aromatic N) is 1. The fraction of sp³-hybridized carbons (Fsp3) is 0.412. The number of carbonyl (C=O) groups is 1. The first-order valence-electron chi connectivity index (χ1n) is 6.84. The maximum atomic E-state index is 12.3. The molecule has 0 unspecified atom stereocenters. The summed E-state index contributed by atoms with van der Waals surface area (Å²) in [5, 5.41) is 0.907. The van der Waals surface area contributed by atoms with Crippen LogP contribution in [-0.2, 0) is 11.8 Å². The average molecular weight is 287 g/mol. The summed E-state index contributed by atoms with van der Waals surface area (Å²) in [6, 6.07) is 7.95. The van der Waals surface area contributed by atoms with Crippen LogP contribution in [0.15, 0.2) is 24.3 Å². The second kappa shape index (κ2) is 5.49. The van der Waals surface area contributed by atoms with E-state index in [1.807, 2.05) is 38.1 Å². The van der Waals surface area contributed by atoms with Gasteiger partial charge in [-0.2, -0.15) is 0 Å². The summed E-state index contributed by atoms with van der Waals surface area (Å²) in [5.41, 5.74) is 3.16. The van der Waals surface area contributed by atoms with Crippen LogP contribution in [0.3, 0.4) is 0 Å². The molecule has 0 spiro atoms. The molecule has 0 aliphatic rings. The van der Waals surface area contributed by atoms with Crippen molar-refractivity contribution in [3.8, 4) is 0 Å². The fourth-order valence-corrected chi connectivity index (χ4v) is 2.94. The first-order valence-corrected chi connectivity index (χ1v) is 7.65. The summed E-state index contributed by atoms with van der Waals surface area (Å²) in [4.78, 5) is 17.9. The van der Waals surface area contributed by atoms with E-state index in [-0.39, 0.29) is 11.2 Å². The molecule has 0 atom stereocenters. The fourth-order valence-electron chi connectivity index (χ4n) is 2.01. The Balaban J connectivity index is 2.13. The van der Waals surface area contributed by atoms with Crippen molar-refractivity contribution < 1.29 is 4.79 Å². The molecule has 0 bridgehead atoms. The molecule has 0 saturated heterocycles. The highest BCUT2D eigenvalue weighted by molar-refractivity contribution is 7.11. The molecule has 0 aliphatic heterocycles. The van der Waals surface area contributed by atoms with Gasteiger partial charge in [-0.3, -0.25) is 4.79 Å². The maximum absolute atomic E-state index is 12.3. The molecular formula is C17H21NOS. The summed E-state index contributed by atoms with van der Waals surface area (Å²) >= 11 is 1.61. The van der Waals surface area contributed by atoms with Crippen molar-refractivity contribution in [1.29, 1.82) is 0 Å². The first-order chi connectivity index (χ1) is 9.27. The summed E-state index contributed by atoms with van der Waals surface area (Å²) in [7, 11) is 0. The van der Waals surface area contributed by atoms with Crippen LogP contribution in [0.5, 0.6) is 0 Å². The lowest BCUT2D eigenvalue weighted by molar-refractivity contribution is 0.0993. The van der Waals surface area contributed by atoms with Crippen molar-refractivity contribution in [3.05, 3.63) is 51.0 Å². The number of Topliss-reactive ketones (excluding diaryl/α,β-unsaturated/α-hetero) is 1. The van der Waals surface area contributed by atoms with Gasteiger partial charge in [0.25, 0.3) is 0 Å². The van der Waals surface area contributed by atoms with Gasteiger partial charge < -0.3 is 0 Å². The Morgan fingerprint density at radius 3 is 2.20 bits per heavy atom. The van der Waals surface area contributed by atoms with E-state index in [1.54, 1.807) is 11.3 Å². The van der Waals surface area contributed by atoms with Gasteiger partial charge in [-0.15, -0.1) is 11.3 Å². The molecule has 0 aliphatic carbocycles. The highest BCUT2D eigenvalue weighted by Crippen LogP contribution is 2.23. The maximum Gasteiger partial charge on any atom is 0.169 e. The van der Waals surface area contributed by atoms with Gasteiger partial charge in [-0.05, 0) is 24.8 Å². The number of aromatic nitrogens is 1. The molecule has 2 aromatic rings. The molecule has 0 fully saturated rings. The van der Waals surface area contributed by atoms with Crippen LogP contribution in [0.4, 0.5) is 0 Å². The smallest absolute Gasteiger partial charge is 0.169 e. The first kappa shape index (κ1) is 14.9. The third-order valence-electron chi connectivity index (χ3n) is 3.46. The molecule has 3 heteroatoms. The van der Waals surface area contributed by atoms with Crippen LogP contribution in [0.25, 0.3) is 0 Å². The van der Waals surface area contributed by atoms with Gasteiger partial charge in [0.05, 0.1) is 12.1 Å². The largest absolute Gasteiger partial charge is 0.294 e. The van der Waals surface area contributed by atoms with Crippen molar-refractivity contribution in [1.82, 2.24) is 4.98 Å². The third kappa shape index (κ3) is 3.34. The lowest BCUT2D eigenvalue weighted by Crippen LogP contribution is -2.11. The Kier molecular flexibility index (Phi) is 4.09. The molecule has 1 heterocycles. The van der Waals surface area contributed by atoms with Gasteiger partial charge in [0.2, 0.25) is 0 Å². The van der Waals surface area contributed by atoms with Gasteiger partial charge in [0.15, 0.2) is 5.78 Å². The zero-order chi connectivity index (χ0) is 14.9. The van der Waals surface area contributed by atoms with Crippen LogP contribution >= 0.6 is 11.3 Å². The van der Waals surface area contributed by atoms with E-state index in [4.69, 9.17) is 0 Å². The predicted octanol–water partition coefficient (Wildman–Crippen LogP) is 4.48. The second-order valence-electron chi connectivity index (χ2n) is 6.18. The summed E-state index contributed by atoms with van der Waals surface area (Å²) in [6.45, 7) is 10.5. The lowest BCUT2D eigenvalue weighted by Gasteiger charge is -2.18. The molecule has 2 rings (SSSR count). The SMILES string of the molecule is Cc1nc(CC(=O)c2ccc(C(C)(C)C)cc2)sc1C. The van der Waals surface area contributed by atoms with Gasteiger partial charge >= 0.3 is 0 Å². The zero-order valence-corrected chi connectivity index (χ0v) is 13.6. The molecule has 2 nitrogen and oxygen atoms in total. The Bertz CT molecular complexity index is 598. The van der Waals surface area contributed by atoms with E-state index in [9.17, 15) is 4.79 Å². The number of rotatable bonds is 3. The minimum absolute atomic E-state index is 0.116. The van der Waals surface area contributed by atoms with Crippen LogP contribution < -0.4 is 0 Å². The number of aryl methyl sites for hydroxylation is 2. The highest BCUT2D eigenvalue weighted by Gasteiger charge is 2.15. The molecule has 0 N–H and O–H groups in total. The zero-order valence-electron chi connectivity index (χ0n) is 12.8. The quantitative estimate of drug-likeness (QED) is 0.779. The molecule has 106 valence electrons. The standard InChI is InChI=1S/C17H21NOS/c1-11-12(2)20-16(18-11)10-15(19)13-6-8-14(9-7-13)17(3,4)5/h6-9H,10H2,1-5H3. The van der Waals surface area contributed by atoms with Crippen molar-refractivity contribution in [3.63, 3.8) is 0 Å². The third-order valence-corrected chi connectivity index (χ3v) is 4.53. The van der Waals surface area contributed by atoms with E-state index in [2.05, 4.69) is 25.8 Å². The lowest BCUT2D eigenvalue weighted by atomic mass is 9.86. The Morgan fingerprint density at radius 1 is 1.15 bits per heavy atom. The normalized spacial score (nSPS) is 11.7. The molecule has 1 aromatic carbocycles. The van der Waals surface area contributed by atoms with Gasteiger partial charge in [-0.1, -0.05) is 45.0 Å². The summed E-state index contributed by atoms with van der Waals surface area (Å²) in [5.74, 6) is 0.138. The van der Waals surface area contributed by atoms with E-state index in [0.717, 1.165) is 16.3 Å². The van der Waals surface area contributed by atoms with Crippen molar-refractivity contribution in [2.45, 2.75) is 46.5 Å². The Labute approximate surface area is 124 Å². The van der Waals surface area contributed by atoms with Crippen LogP contribution in [0.1, 0.15) is 52.3 Å². The van der Waals surface area contributed by atoms with Crippen molar-refractivity contribution in [2.24, 2.45) is 0 Å². The van der Waals surface area contributed by atoms with E-state index < -0.39 is 0 Å².